The third-order valence-corrected chi connectivity index (χ3v) is 6.85. The number of nitro groups is 1. The molecule has 0 bridgehead atoms. The summed E-state index contributed by atoms with van der Waals surface area (Å²) in [6.07, 6.45) is 2.48. The van der Waals surface area contributed by atoms with E-state index in [1.807, 2.05) is 23.1 Å². The number of rotatable bonds is 8. The Balaban J connectivity index is 1.48. The number of benzene rings is 2. The van der Waals surface area contributed by atoms with Crippen LogP contribution in [-0.4, -0.2) is 53.5 Å². The van der Waals surface area contributed by atoms with Crippen molar-refractivity contribution in [2.24, 2.45) is 11.8 Å². The monoisotopic (exact) mass is 515 g/mol. The van der Waals surface area contributed by atoms with E-state index >= 15 is 0 Å². The van der Waals surface area contributed by atoms with Gasteiger partial charge in [-0.1, -0.05) is 43.6 Å². The van der Waals surface area contributed by atoms with Gasteiger partial charge in [-0.15, -0.1) is 0 Å². The van der Waals surface area contributed by atoms with Gasteiger partial charge in [0, 0.05) is 44.2 Å². The van der Waals surface area contributed by atoms with E-state index in [1.165, 1.54) is 6.07 Å². The van der Waals surface area contributed by atoms with E-state index in [2.05, 4.69) is 18.7 Å². The summed E-state index contributed by atoms with van der Waals surface area (Å²) < 4.78 is 11.6. The molecule has 2 heterocycles. The Morgan fingerprint density at radius 2 is 2.00 bits per heavy atom. The van der Waals surface area contributed by atoms with Crippen LogP contribution in [0.2, 0.25) is 5.02 Å². The molecule has 4 rings (SSSR count). The van der Waals surface area contributed by atoms with Crippen molar-refractivity contribution in [3.8, 4) is 11.5 Å². The van der Waals surface area contributed by atoms with E-state index in [0.29, 0.717) is 67.4 Å². The predicted octanol–water partition coefficient (Wildman–Crippen LogP) is 5.31. The highest BCUT2D eigenvalue weighted by Crippen LogP contribution is 2.38. The standard InChI is InChI=1S/C27H34ClN3O5/c1-19(2)15-30(16-20-13-23(28)26-25(14-20)35-11-6-12-36-26)27(32)22-8-5-10-29(18-22)17-21-7-3-4-9-24(21)31(33)34/h3-4,7,9,13-14,19,22H,5-6,8,10-12,15-18H2,1-2H3. The Bertz CT molecular complexity index is 1090. The van der Waals surface area contributed by atoms with Gasteiger partial charge >= 0.3 is 0 Å². The molecule has 1 unspecified atom stereocenters. The van der Waals surface area contributed by atoms with Crippen LogP contribution >= 0.6 is 11.6 Å². The number of hydrogen-bond donors (Lipinski definition) is 0. The third kappa shape index (κ3) is 6.48. The highest BCUT2D eigenvalue weighted by atomic mass is 35.5. The Hall–Kier alpha value is -2.84. The lowest BCUT2D eigenvalue weighted by molar-refractivity contribution is -0.385. The molecule has 36 heavy (non-hydrogen) atoms. The number of nitrogens with zero attached hydrogens (tertiary/aromatic N) is 3. The van der Waals surface area contributed by atoms with Gasteiger partial charge < -0.3 is 14.4 Å². The van der Waals surface area contributed by atoms with Gasteiger partial charge in [0.2, 0.25) is 5.91 Å². The number of hydrogen-bond acceptors (Lipinski definition) is 6. The molecule has 194 valence electrons. The smallest absolute Gasteiger partial charge is 0.273 e. The lowest BCUT2D eigenvalue weighted by atomic mass is 9.95. The first kappa shape index (κ1) is 26.2. The van der Waals surface area contributed by atoms with Crippen LogP contribution in [0.15, 0.2) is 36.4 Å². The summed E-state index contributed by atoms with van der Waals surface area (Å²) >= 11 is 6.51. The van der Waals surface area contributed by atoms with Crippen LogP contribution < -0.4 is 9.47 Å². The van der Waals surface area contributed by atoms with E-state index in [-0.39, 0.29) is 22.4 Å². The molecule has 0 aliphatic carbocycles. The number of carbonyl (C=O) groups is 1. The predicted molar refractivity (Wildman–Crippen MR) is 138 cm³/mol. The number of halogens is 1. The number of likely N-dealkylation sites (tertiary alicyclic amines) is 1. The lowest BCUT2D eigenvalue weighted by Gasteiger charge is -2.35. The van der Waals surface area contributed by atoms with Crippen molar-refractivity contribution in [3.05, 3.63) is 62.7 Å². The van der Waals surface area contributed by atoms with E-state index in [9.17, 15) is 14.9 Å². The minimum atomic E-state index is -0.341. The maximum atomic E-state index is 13.7. The molecule has 2 aromatic rings. The first-order valence-corrected chi connectivity index (χ1v) is 13.0. The molecule has 8 nitrogen and oxygen atoms in total. The maximum Gasteiger partial charge on any atom is 0.273 e. The molecule has 9 heteroatoms. The number of para-hydroxylation sites is 1. The zero-order valence-electron chi connectivity index (χ0n) is 21.0. The molecule has 0 N–H and O–H groups in total. The van der Waals surface area contributed by atoms with Gasteiger partial charge in [-0.2, -0.15) is 0 Å². The second kappa shape index (κ2) is 11.9. The summed E-state index contributed by atoms with van der Waals surface area (Å²) in [7, 11) is 0. The van der Waals surface area contributed by atoms with E-state index < -0.39 is 0 Å². The Labute approximate surface area is 217 Å². The molecule has 1 amide bonds. The van der Waals surface area contributed by atoms with Crippen LogP contribution in [0.5, 0.6) is 11.5 Å². The summed E-state index contributed by atoms with van der Waals surface area (Å²) in [6.45, 7) is 8.26. The Morgan fingerprint density at radius 3 is 2.78 bits per heavy atom. The second-order valence-electron chi connectivity index (χ2n) is 10.0. The molecule has 0 spiro atoms. The average molecular weight is 516 g/mol. The zero-order chi connectivity index (χ0) is 25.7. The van der Waals surface area contributed by atoms with Gasteiger partial charge in [0.05, 0.1) is 29.1 Å². The van der Waals surface area contributed by atoms with E-state index in [0.717, 1.165) is 31.4 Å². The van der Waals surface area contributed by atoms with Crippen molar-refractivity contribution in [2.75, 3.05) is 32.8 Å². The zero-order valence-corrected chi connectivity index (χ0v) is 21.7. The van der Waals surface area contributed by atoms with Gasteiger partial charge in [0.15, 0.2) is 11.5 Å². The Morgan fingerprint density at radius 1 is 1.22 bits per heavy atom. The second-order valence-corrected chi connectivity index (χ2v) is 10.4. The first-order chi connectivity index (χ1) is 17.3. The van der Waals surface area contributed by atoms with Gasteiger partial charge in [-0.25, -0.2) is 0 Å². The van der Waals surface area contributed by atoms with Crippen molar-refractivity contribution >= 4 is 23.2 Å². The van der Waals surface area contributed by atoms with Gasteiger partial charge in [-0.05, 0) is 43.0 Å². The summed E-state index contributed by atoms with van der Waals surface area (Å²) in [4.78, 5) is 28.9. The minimum absolute atomic E-state index is 0.110. The molecule has 2 aliphatic heterocycles. The maximum absolute atomic E-state index is 13.7. The molecular formula is C27H34ClN3O5. The van der Waals surface area contributed by atoms with Crippen LogP contribution in [-0.2, 0) is 17.9 Å². The molecular weight excluding hydrogens is 482 g/mol. The van der Waals surface area contributed by atoms with E-state index in [4.69, 9.17) is 21.1 Å². The molecule has 0 saturated carbocycles. The minimum Gasteiger partial charge on any atom is -0.489 e. The van der Waals surface area contributed by atoms with Crippen LogP contribution in [0, 0.1) is 22.0 Å². The molecule has 1 saturated heterocycles. The van der Waals surface area contributed by atoms with Crippen molar-refractivity contribution in [3.63, 3.8) is 0 Å². The van der Waals surface area contributed by atoms with Crippen LogP contribution in [0.4, 0.5) is 5.69 Å². The summed E-state index contributed by atoms with van der Waals surface area (Å²) in [5, 5.41) is 11.9. The topological polar surface area (TPSA) is 85.2 Å². The van der Waals surface area contributed by atoms with Crippen LogP contribution in [0.3, 0.4) is 0 Å². The van der Waals surface area contributed by atoms with Crippen molar-refractivity contribution < 1.29 is 19.2 Å². The summed E-state index contributed by atoms with van der Waals surface area (Å²) in [6, 6.07) is 10.6. The lowest BCUT2D eigenvalue weighted by Crippen LogP contribution is -2.45. The van der Waals surface area contributed by atoms with Gasteiger partial charge in [0.25, 0.3) is 5.69 Å². The fourth-order valence-electron chi connectivity index (χ4n) is 4.99. The molecule has 1 fully saturated rings. The highest BCUT2D eigenvalue weighted by molar-refractivity contribution is 6.32. The summed E-state index contributed by atoms with van der Waals surface area (Å²) in [5.74, 6) is 1.45. The molecule has 2 aromatic carbocycles. The number of carbonyl (C=O) groups excluding carboxylic acids is 1. The fourth-order valence-corrected chi connectivity index (χ4v) is 5.28. The third-order valence-electron chi connectivity index (χ3n) is 6.57. The number of amides is 1. The number of ether oxygens (including phenoxy) is 2. The molecule has 0 radical (unpaired) electrons. The van der Waals surface area contributed by atoms with Gasteiger partial charge in [-0.3, -0.25) is 19.8 Å². The van der Waals surface area contributed by atoms with Crippen molar-refractivity contribution in [2.45, 2.75) is 46.2 Å². The average Bonchev–Trinajstić information content (AvgIpc) is 3.09. The van der Waals surface area contributed by atoms with Crippen molar-refractivity contribution in [1.29, 1.82) is 0 Å². The van der Waals surface area contributed by atoms with E-state index in [1.54, 1.807) is 12.1 Å². The molecule has 2 aliphatic rings. The molecule has 0 aromatic heterocycles. The number of piperidine rings is 1. The van der Waals surface area contributed by atoms with Crippen LogP contribution in [0.1, 0.15) is 44.2 Å². The van der Waals surface area contributed by atoms with Crippen molar-refractivity contribution in [1.82, 2.24) is 9.80 Å². The SMILES string of the molecule is CC(C)CN(Cc1cc(Cl)c2c(c1)OCCCO2)C(=O)C1CCCN(Cc2ccccc2[N+](=O)[O-])C1. The number of fused-ring (bicyclic) bond motifs is 1. The largest absolute Gasteiger partial charge is 0.489 e. The highest BCUT2D eigenvalue weighted by Gasteiger charge is 2.31. The quantitative estimate of drug-likeness (QED) is 0.350. The number of nitro benzene ring substituents is 1. The normalized spacial score (nSPS) is 18.1. The first-order valence-electron chi connectivity index (χ1n) is 12.6. The van der Waals surface area contributed by atoms with Gasteiger partial charge in [0.1, 0.15) is 0 Å². The fraction of sp³-hybridized carbons (Fsp3) is 0.519. The molecule has 1 atom stereocenters. The summed E-state index contributed by atoms with van der Waals surface area (Å²) in [5.41, 5.74) is 1.71. The van der Waals surface area contributed by atoms with Crippen LogP contribution in [0.25, 0.3) is 0 Å². The Kier molecular flexibility index (Phi) is 8.69.